The maximum Gasteiger partial charge on any atom is 0.306 e. The molecule has 0 spiro atoms. The lowest BCUT2D eigenvalue weighted by Gasteiger charge is -2.18. The van der Waals surface area contributed by atoms with E-state index in [-0.39, 0.29) is 37.5 Å². The summed E-state index contributed by atoms with van der Waals surface area (Å²) in [5.74, 6) is -0.942. The molecule has 0 saturated heterocycles. The average molecular weight is 1110 g/mol. The molecule has 0 aliphatic rings. The van der Waals surface area contributed by atoms with Crippen LogP contribution >= 0.6 is 0 Å². The Balaban J connectivity index is 4.38. The van der Waals surface area contributed by atoms with Crippen molar-refractivity contribution in [3.05, 3.63) is 109 Å². The zero-order valence-electron chi connectivity index (χ0n) is 52.6. The standard InChI is InChI=1S/C74H126O6/c1-4-7-10-13-16-19-22-25-27-29-31-33-34-35-36-37-38-39-40-42-43-45-47-49-52-55-58-61-64-67-73(76)79-70-71(69-78-72(75)66-63-60-57-54-51-24-21-18-15-12-9-6-3)80-74(77)68-65-62-59-56-53-50-48-46-44-41-32-30-28-26-23-20-17-14-11-8-5-2/h7,10,16,19,25,27,31,33,35-36,38-39,42-43,47,49,55,58,71H,4-6,8-9,11-15,17-18,20-24,26,28-30,32,34,37,40-41,44-46,48,50-54,56-57,59-70H2,1-3H3/b10-7-,19-16-,27-25-,33-31-,36-35-,39-38-,43-42-,49-47-,58-55-. The zero-order chi connectivity index (χ0) is 57.8. The van der Waals surface area contributed by atoms with Crippen LogP contribution in [0.1, 0.15) is 323 Å². The molecular formula is C74H126O6. The van der Waals surface area contributed by atoms with E-state index in [1.165, 1.54) is 173 Å². The molecule has 0 aromatic carbocycles. The highest BCUT2D eigenvalue weighted by atomic mass is 16.6. The Hall–Kier alpha value is -3.93. The van der Waals surface area contributed by atoms with Gasteiger partial charge in [0.15, 0.2) is 6.10 Å². The van der Waals surface area contributed by atoms with Gasteiger partial charge in [0.1, 0.15) is 13.2 Å². The van der Waals surface area contributed by atoms with Crippen molar-refractivity contribution in [3.63, 3.8) is 0 Å². The van der Waals surface area contributed by atoms with E-state index in [1.807, 2.05) is 0 Å². The summed E-state index contributed by atoms with van der Waals surface area (Å²) < 4.78 is 16.9. The Morgan fingerprint density at radius 1 is 0.263 bits per heavy atom. The van der Waals surface area contributed by atoms with Gasteiger partial charge in [0, 0.05) is 19.3 Å². The summed E-state index contributed by atoms with van der Waals surface area (Å²) in [5.41, 5.74) is 0. The number of unbranched alkanes of at least 4 members (excludes halogenated alkanes) is 32. The van der Waals surface area contributed by atoms with Gasteiger partial charge in [0.2, 0.25) is 0 Å². The van der Waals surface area contributed by atoms with Crippen LogP contribution in [-0.4, -0.2) is 37.2 Å². The molecule has 0 radical (unpaired) electrons. The third-order valence-electron chi connectivity index (χ3n) is 14.5. The zero-order valence-corrected chi connectivity index (χ0v) is 52.6. The number of carbonyl (C=O) groups excluding carboxylic acids is 3. The number of esters is 3. The highest BCUT2D eigenvalue weighted by molar-refractivity contribution is 5.71. The van der Waals surface area contributed by atoms with Gasteiger partial charge in [-0.15, -0.1) is 0 Å². The maximum absolute atomic E-state index is 12.9. The highest BCUT2D eigenvalue weighted by Gasteiger charge is 2.19. The lowest BCUT2D eigenvalue weighted by molar-refractivity contribution is -0.167. The van der Waals surface area contributed by atoms with Crippen molar-refractivity contribution in [2.45, 2.75) is 329 Å². The molecule has 458 valence electrons. The monoisotopic (exact) mass is 1110 g/mol. The van der Waals surface area contributed by atoms with Gasteiger partial charge in [0.05, 0.1) is 0 Å². The van der Waals surface area contributed by atoms with E-state index in [2.05, 4.69) is 130 Å². The molecule has 0 aliphatic carbocycles. The van der Waals surface area contributed by atoms with E-state index < -0.39 is 6.10 Å². The third-order valence-corrected chi connectivity index (χ3v) is 14.5. The summed E-state index contributed by atoms with van der Waals surface area (Å²) in [5, 5.41) is 0. The normalized spacial score (nSPS) is 12.8. The Morgan fingerprint density at radius 2 is 0.487 bits per heavy atom. The molecule has 6 nitrogen and oxygen atoms in total. The topological polar surface area (TPSA) is 78.9 Å². The molecule has 0 aromatic heterocycles. The van der Waals surface area contributed by atoms with Crippen molar-refractivity contribution in [1.29, 1.82) is 0 Å². The Morgan fingerprint density at radius 3 is 0.762 bits per heavy atom. The van der Waals surface area contributed by atoms with Crippen molar-refractivity contribution < 1.29 is 28.6 Å². The summed E-state index contributed by atoms with van der Waals surface area (Å²) in [7, 11) is 0. The smallest absolute Gasteiger partial charge is 0.306 e. The van der Waals surface area contributed by atoms with E-state index in [4.69, 9.17) is 14.2 Å². The quantitative estimate of drug-likeness (QED) is 0.0261. The molecule has 0 amide bonds. The van der Waals surface area contributed by atoms with E-state index in [9.17, 15) is 14.4 Å². The van der Waals surface area contributed by atoms with Gasteiger partial charge in [-0.1, -0.05) is 329 Å². The Kier molecular flexibility index (Phi) is 64.3. The molecule has 0 fully saturated rings. The molecule has 0 bridgehead atoms. The maximum atomic E-state index is 12.9. The lowest BCUT2D eigenvalue weighted by Crippen LogP contribution is -2.30. The summed E-state index contributed by atoms with van der Waals surface area (Å²) in [4.78, 5) is 38.3. The van der Waals surface area contributed by atoms with E-state index in [1.54, 1.807) is 0 Å². The molecule has 80 heavy (non-hydrogen) atoms. The first-order valence-electron chi connectivity index (χ1n) is 33.9. The second-order valence-corrected chi connectivity index (χ2v) is 22.4. The molecule has 0 heterocycles. The summed E-state index contributed by atoms with van der Waals surface area (Å²) >= 11 is 0. The van der Waals surface area contributed by atoms with Crippen molar-refractivity contribution in [3.8, 4) is 0 Å². The van der Waals surface area contributed by atoms with Crippen molar-refractivity contribution in [2.75, 3.05) is 13.2 Å². The molecule has 6 heteroatoms. The first-order chi connectivity index (χ1) is 39.5. The number of rotatable bonds is 61. The van der Waals surface area contributed by atoms with E-state index >= 15 is 0 Å². The van der Waals surface area contributed by atoms with Crippen LogP contribution in [0.25, 0.3) is 0 Å². The highest BCUT2D eigenvalue weighted by Crippen LogP contribution is 2.17. The van der Waals surface area contributed by atoms with Crippen LogP contribution < -0.4 is 0 Å². The lowest BCUT2D eigenvalue weighted by atomic mass is 10.0. The van der Waals surface area contributed by atoms with Gasteiger partial charge in [-0.05, 0) is 83.5 Å². The van der Waals surface area contributed by atoms with Gasteiger partial charge in [-0.3, -0.25) is 14.4 Å². The fourth-order valence-electron chi connectivity index (χ4n) is 9.51. The summed E-state index contributed by atoms with van der Waals surface area (Å²) in [6.07, 6.45) is 92.6. The molecule has 0 aliphatic heterocycles. The molecule has 0 rings (SSSR count). The first-order valence-corrected chi connectivity index (χ1v) is 33.9. The minimum absolute atomic E-state index is 0.0923. The summed E-state index contributed by atoms with van der Waals surface area (Å²) in [6, 6.07) is 0. The minimum Gasteiger partial charge on any atom is -0.462 e. The molecule has 1 atom stereocenters. The SMILES string of the molecule is CC/C=C\C/C=C\C/C=C\C/C=C\C/C=C\C/C=C\C/C=C\C/C=C\C/C=C\CCCC(=O)OCC(COC(=O)CCCCCCCCCCCCCC)OC(=O)CCCCCCCCCCCCCCCCCCCCCCC. The van der Waals surface area contributed by atoms with Crippen molar-refractivity contribution >= 4 is 17.9 Å². The molecular weight excluding hydrogens is 985 g/mol. The summed E-state index contributed by atoms with van der Waals surface area (Å²) in [6.45, 7) is 6.51. The minimum atomic E-state index is -0.800. The molecule has 0 saturated carbocycles. The fourth-order valence-corrected chi connectivity index (χ4v) is 9.51. The average Bonchev–Trinajstić information content (AvgIpc) is 3.46. The van der Waals surface area contributed by atoms with Gasteiger partial charge in [0.25, 0.3) is 0 Å². The number of hydrogen-bond donors (Lipinski definition) is 0. The van der Waals surface area contributed by atoms with Gasteiger partial charge < -0.3 is 14.2 Å². The van der Waals surface area contributed by atoms with Crippen LogP contribution in [0.5, 0.6) is 0 Å². The van der Waals surface area contributed by atoms with Crippen molar-refractivity contribution in [1.82, 2.24) is 0 Å². The predicted octanol–water partition coefficient (Wildman–Crippen LogP) is 23.4. The van der Waals surface area contributed by atoms with E-state index in [0.29, 0.717) is 19.3 Å². The van der Waals surface area contributed by atoms with Crippen LogP contribution in [0.4, 0.5) is 0 Å². The molecule has 0 N–H and O–H groups in total. The predicted molar refractivity (Wildman–Crippen MR) is 348 cm³/mol. The van der Waals surface area contributed by atoms with Crippen LogP contribution in [-0.2, 0) is 28.6 Å². The first kappa shape index (κ1) is 76.1. The van der Waals surface area contributed by atoms with Gasteiger partial charge >= 0.3 is 17.9 Å². The number of ether oxygens (including phenoxy) is 3. The van der Waals surface area contributed by atoms with Gasteiger partial charge in [-0.25, -0.2) is 0 Å². The van der Waals surface area contributed by atoms with E-state index in [0.717, 1.165) is 103 Å². The second-order valence-electron chi connectivity index (χ2n) is 22.4. The number of hydrogen-bond acceptors (Lipinski definition) is 6. The largest absolute Gasteiger partial charge is 0.462 e. The second kappa shape index (κ2) is 67.6. The Bertz CT molecular complexity index is 1610. The molecule has 1 unspecified atom stereocenters. The third kappa shape index (κ3) is 64.9. The van der Waals surface area contributed by atoms with Crippen molar-refractivity contribution in [2.24, 2.45) is 0 Å². The van der Waals surface area contributed by atoms with Crippen LogP contribution in [0.15, 0.2) is 109 Å². The number of allylic oxidation sites excluding steroid dienone is 18. The van der Waals surface area contributed by atoms with Crippen LogP contribution in [0, 0.1) is 0 Å². The number of carbonyl (C=O) groups is 3. The fraction of sp³-hybridized carbons (Fsp3) is 0.716. The van der Waals surface area contributed by atoms with Crippen LogP contribution in [0.3, 0.4) is 0 Å². The Labute approximate surface area is 495 Å². The van der Waals surface area contributed by atoms with Gasteiger partial charge in [-0.2, -0.15) is 0 Å². The van der Waals surface area contributed by atoms with Crippen LogP contribution in [0.2, 0.25) is 0 Å². The molecule has 0 aromatic rings.